The highest BCUT2D eigenvalue weighted by Crippen LogP contribution is 2.63. The van der Waals surface area contributed by atoms with Gasteiger partial charge in [-0.25, -0.2) is 0 Å². The molecule has 0 aromatic heterocycles. The molecule has 3 heterocycles. The highest BCUT2D eigenvalue weighted by molar-refractivity contribution is 8.25. The lowest BCUT2D eigenvalue weighted by molar-refractivity contribution is -0.114. The smallest absolute Gasteiger partial charge is 0.267 e. The lowest BCUT2D eigenvalue weighted by Crippen LogP contribution is -2.21. The maximum Gasteiger partial charge on any atom is 0.540 e. The van der Waals surface area contributed by atoms with Gasteiger partial charge in [0.2, 0.25) is 0 Å². The molecular formula is C23H8N6OS4. The molecule has 3 aliphatic heterocycles. The SMILES string of the molecule is [C-]#[N+]C([N+]#[C-])=C1Sc2c(C#N)c3c(c(C#N)c2S1)SC(=C1C(=O)N(c2ccccc2)N=C1C)S3. The fourth-order valence-electron chi connectivity index (χ4n) is 3.46. The van der Waals surface area contributed by atoms with Crippen molar-refractivity contribution < 1.29 is 4.79 Å². The number of rotatable bonds is 1. The molecular weight excluding hydrogens is 505 g/mol. The summed E-state index contributed by atoms with van der Waals surface area (Å²) in [5.41, 5.74) is 2.45. The zero-order valence-corrected chi connectivity index (χ0v) is 20.4. The molecule has 0 saturated heterocycles. The van der Waals surface area contributed by atoms with E-state index in [-0.39, 0.29) is 11.7 Å². The number of thioether (sulfide) groups is 4. The molecule has 34 heavy (non-hydrogen) atoms. The Bertz CT molecular complexity index is 1510. The maximum absolute atomic E-state index is 13.3. The van der Waals surface area contributed by atoms with E-state index >= 15 is 0 Å². The number of para-hydroxylation sites is 1. The van der Waals surface area contributed by atoms with Gasteiger partial charge >= 0.3 is 5.82 Å². The Labute approximate surface area is 211 Å². The number of hydrogen-bond donors (Lipinski definition) is 0. The second kappa shape index (κ2) is 8.65. The van der Waals surface area contributed by atoms with Gasteiger partial charge < -0.3 is 0 Å². The van der Waals surface area contributed by atoms with E-state index in [1.165, 1.54) is 52.1 Å². The van der Waals surface area contributed by atoms with Crippen LogP contribution in [0.5, 0.6) is 0 Å². The van der Waals surface area contributed by atoms with Crippen LogP contribution in [0.2, 0.25) is 0 Å². The van der Waals surface area contributed by atoms with Crippen LogP contribution < -0.4 is 5.01 Å². The van der Waals surface area contributed by atoms with Crippen LogP contribution in [0.3, 0.4) is 0 Å². The van der Waals surface area contributed by atoms with Crippen LogP contribution in [0.15, 0.2) is 74.9 Å². The zero-order chi connectivity index (χ0) is 24.0. The zero-order valence-electron chi connectivity index (χ0n) is 17.1. The minimum absolute atomic E-state index is 0.0772. The van der Waals surface area contributed by atoms with Gasteiger partial charge in [0.1, 0.15) is 29.5 Å². The highest BCUT2D eigenvalue weighted by atomic mass is 32.2. The number of fused-ring (bicyclic) bond motifs is 2. The van der Waals surface area contributed by atoms with Crippen LogP contribution in [0.1, 0.15) is 18.1 Å². The third-order valence-corrected chi connectivity index (χ3v) is 10.2. The number of nitrogens with zero attached hydrogens (tertiary/aromatic N) is 6. The monoisotopic (exact) mass is 512 g/mol. The summed E-state index contributed by atoms with van der Waals surface area (Å²) in [5, 5.41) is 25.8. The van der Waals surface area contributed by atoms with E-state index in [0.29, 0.717) is 56.2 Å². The average molecular weight is 513 g/mol. The van der Waals surface area contributed by atoms with Crippen LogP contribution in [0.4, 0.5) is 5.69 Å². The van der Waals surface area contributed by atoms with Gasteiger partial charge in [-0.3, -0.25) is 4.79 Å². The minimum atomic E-state index is -0.260. The van der Waals surface area contributed by atoms with E-state index in [1.807, 2.05) is 18.2 Å². The van der Waals surface area contributed by atoms with Gasteiger partial charge in [-0.15, -0.1) is 0 Å². The standard InChI is InChI=1S/C23H8N6OS4/c1-11-15(21(30)29(28-11)12-7-5-4-6-8-12)22-31-16-13(9-24)18-19(14(10-25)17(16)32-22)34-23(33-18)20(26-2)27-3/h4-8H,1H3. The van der Waals surface area contributed by atoms with Crippen molar-refractivity contribution >= 4 is 64.4 Å². The van der Waals surface area contributed by atoms with Gasteiger partial charge in [-0.05, 0) is 19.1 Å². The van der Waals surface area contributed by atoms with Crippen LogP contribution in [-0.2, 0) is 4.79 Å². The molecule has 3 aliphatic rings. The molecule has 1 amide bonds. The molecule has 0 aliphatic carbocycles. The number of benzene rings is 2. The number of anilines is 1. The van der Waals surface area contributed by atoms with Crippen molar-refractivity contribution in [1.29, 1.82) is 10.5 Å². The fourth-order valence-corrected chi connectivity index (χ4v) is 8.98. The molecule has 2 aromatic rings. The Morgan fingerprint density at radius 2 is 1.47 bits per heavy atom. The van der Waals surface area contributed by atoms with Crippen molar-refractivity contribution in [2.24, 2.45) is 5.10 Å². The Balaban J connectivity index is 1.62. The predicted molar refractivity (Wildman–Crippen MR) is 134 cm³/mol. The summed E-state index contributed by atoms with van der Waals surface area (Å²) in [5.74, 6) is -0.338. The summed E-state index contributed by atoms with van der Waals surface area (Å²) in [6.07, 6.45) is 0. The number of carbonyl (C=O) groups is 1. The molecule has 0 radical (unpaired) electrons. The van der Waals surface area contributed by atoms with Gasteiger partial charge in [0.25, 0.3) is 5.91 Å². The number of hydrogen-bond acceptors (Lipinski definition) is 8. The molecule has 0 saturated carbocycles. The van der Waals surface area contributed by atoms with Gasteiger partial charge in [0, 0.05) is 19.6 Å². The van der Waals surface area contributed by atoms with Crippen molar-refractivity contribution in [1.82, 2.24) is 0 Å². The van der Waals surface area contributed by atoms with Crippen molar-refractivity contribution in [3.63, 3.8) is 0 Å². The van der Waals surface area contributed by atoms with E-state index in [4.69, 9.17) is 13.1 Å². The molecule has 0 unspecified atom stereocenters. The molecule has 0 atom stereocenters. The van der Waals surface area contributed by atoms with Crippen molar-refractivity contribution in [2.75, 3.05) is 5.01 Å². The van der Waals surface area contributed by atoms with E-state index in [0.717, 1.165) is 0 Å². The molecule has 5 rings (SSSR count). The second-order valence-corrected chi connectivity index (χ2v) is 11.4. The van der Waals surface area contributed by atoms with Crippen LogP contribution >= 0.6 is 47.0 Å². The first kappa shape index (κ1) is 22.2. The molecule has 0 spiro atoms. The van der Waals surface area contributed by atoms with Gasteiger partial charge in [0.15, 0.2) is 0 Å². The lowest BCUT2D eigenvalue weighted by Gasteiger charge is -2.11. The molecule has 0 bridgehead atoms. The summed E-state index contributed by atoms with van der Waals surface area (Å²) in [4.78, 5) is 22.2. The van der Waals surface area contributed by atoms with Crippen molar-refractivity contribution in [2.45, 2.75) is 26.5 Å². The minimum Gasteiger partial charge on any atom is -0.267 e. The lowest BCUT2D eigenvalue weighted by atomic mass is 10.1. The third kappa shape index (κ3) is 3.30. The van der Waals surface area contributed by atoms with E-state index in [2.05, 4.69) is 26.9 Å². The van der Waals surface area contributed by atoms with Crippen LogP contribution in [0.25, 0.3) is 9.69 Å². The summed E-state index contributed by atoms with van der Waals surface area (Å²) >= 11 is 4.93. The molecule has 11 heteroatoms. The third-order valence-electron chi connectivity index (χ3n) is 4.94. The highest BCUT2D eigenvalue weighted by Gasteiger charge is 2.40. The number of nitriles is 2. The van der Waals surface area contributed by atoms with Gasteiger partial charge in [-0.1, -0.05) is 65.2 Å². The Hall–Kier alpha value is -3.58. The topological polar surface area (TPSA) is 89.0 Å². The Kier molecular flexibility index (Phi) is 5.65. The largest absolute Gasteiger partial charge is 0.540 e. The maximum atomic E-state index is 13.3. The molecule has 7 nitrogen and oxygen atoms in total. The first-order valence-electron chi connectivity index (χ1n) is 9.46. The Morgan fingerprint density at radius 3 is 1.97 bits per heavy atom. The number of carbonyl (C=O) groups excluding carboxylic acids is 1. The van der Waals surface area contributed by atoms with Gasteiger partial charge in [-0.2, -0.15) is 30.3 Å². The fraction of sp³-hybridized carbons (Fsp3) is 0.0435. The summed E-state index contributed by atoms with van der Waals surface area (Å²) in [7, 11) is 0. The summed E-state index contributed by atoms with van der Waals surface area (Å²) in [6, 6.07) is 13.6. The predicted octanol–water partition coefficient (Wildman–Crippen LogP) is 6.43. The first-order valence-corrected chi connectivity index (χ1v) is 12.7. The quantitative estimate of drug-likeness (QED) is 0.321. The van der Waals surface area contributed by atoms with Crippen LogP contribution in [0, 0.1) is 35.8 Å². The van der Waals surface area contributed by atoms with Crippen molar-refractivity contribution in [3.05, 3.63) is 84.2 Å². The first-order chi connectivity index (χ1) is 16.5. The number of hydrazone groups is 1. The molecule has 2 aromatic carbocycles. The summed E-state index contributed by atoms with van der Waals surface area (Å²) in [6.45, 7) is 16.2. The molecule has 0 N–H and O–H groups in total. The Morgan fingerprint density at radius 1 is 0.941 bits per heavy atom. The van der Waals surface area contributed by atoms with E-state index in [9.17, 15) is 15.3 Å². The normalized spacial score (nSPS) is 15.8. The summed E-state index contributed by atoms with van der Waals surface area (Å²) < 4.78 is 1.14. The van der Waals surface area contributed by atoms with E-state index in [1.54, 1.807) is 19.1 Å². The number of amides is 1. The molecule has 160 valence electrons. The van der Waals surface area contributed by atoms with Crippen LogP contribution in [-0.4, -0.2) is 11.6 Å². The van der Waals surface area contributed by atoms with E-state index < -0.39 is 0 Å². The molecule has 0 fully saturated rings. The average Bonchev–Trinajstić information content (AvgIpc) is 3.54. The van der Waals surface area contributed by atoms with Gasteiger partial charge in [0.05, 0.1) is 32.3 Å². The second-order valence-electron chi connectivity index (χ2n) is 6.83. The van der Waals surface area contributed by atoms with Crippen molar-refractivity contribution in [3.8, 4) is 12.1 Å².